The number of nitrogens with zero attached hydrogens (tertiary/aromatic N) is 4. The van der Waals surface area contributed by atoms with Gasteiger partial charge in [-0.05, 0) is 11.5 Å². The quantitative estimate of drug-likeness (QED) is 0.113. The van der Waals surface area contributed by atoms with Crippen LogP contribution >= 0.6 is 11.6 Å². The van der Waals surface area contributed by atoms with Crippen LogP contribution in [0.25, 0.3) is 10.8 Å². The molecule has 4 amide bonds. The lowest BCUT2D eigenvalue weighted by molar-refractivity contribution is -0.384. The topological polar surface area (TPSA) is 154 Å². The van der Waals surface area contributed by atoms with Crippen molar-refractivity contribution in [3.63, 3.8) is 0 Å². The van der Waals surface area contributed by atoms with Crippen LogP contribution in [-0.4, -0.2) is 64.9 Å². The summed E-state index contributed by atoms with van der Waals surface area (Å²) in [5.74, 6) is -1.11. The number of urea groups is 1. The number of nitro benzene ring substituents is 1. The Morgan fingerprint density at radius 3 is 2.65 bits per heavy atom. The van der Waals surface area contributed by atoms with Crippen LogP contribution in [0.15, 0.2) is 35.6 Å². The summed E-state index contributed by atoms with van der Waals surface area (Å²) in [5.41, 5.74) is 0.124. The first-order valence-electron chi connectivity index (χ1n) is 9.11. The summed E-state index contributed by atoms with van der Waals surface area (Å²) in [6.45, 7) is -0.0167. The molecule has 1 aliphatic heterocycles. The molecule has 0 bridgehead atoms. The fraction of sp³-hybridized carbons (Fsp3) is 0.278. The molecule has 2 N–H and O–H groups in total. The van der Waals surface area contributed by atoms with Gasteiger partial charge in [-0.2, -0.15) is 5.01 Å². The highest BCUT2D eigenvalue weighted by atomic mass is 35.5. The predicted molar refractivity (Wildman–Crippen MR) is 111 cm³/mol. The molecule has 12 nitrogen and oxygen atoms in total. The van der Waals surface area contributed by atoms with Crippen LogP contribution in [0.2, 0.25) is 0 Å². The average Bonchev–Trinajstić information content (AvgIpc) is 2.76. The van der Waals surface area contributed by atoms with E-state index in [4.69, 9.17) is 11.6 Å². The highest BCUT2D eigenvalue weighted by molar-refractivity contribution is 6.25. The Bertz CT molecular complexity index is 1080. The molecule has 0 spiro atoms. The molecule has 0 fully saturated rings. The number of rotatable bonds is 9. The van der Waals surface area contributed by atoms with Gasteiger partial charge in [-0.1, -0.05) is 12.1 Å². The van der Waals surface area contributed by atoms with Gasteiger partial charge in [0.25, 0.3) is 17.5 Å². The number of hydrogen-bond acceptors (Lipinski definition) is 8. The van der Waals surface area contributed by atoms with Crippen molar-refractivity contribution in [3.05, 3.63) is 56.5 Å². The number of alkyl halides is 1. The maximum Gasteiger partial charge on any atom is 0.341 e. The molecule has 0 saturated heterocycles. The molecule has 0 atom stereocenters. The zero-order valence-corrected chi connectivity index (χ0v) is 16.8. The Hall–Kier alpha value is -3.64. The van der Waals surface area contributed by atoms with Gasteiger partial charge in [-0.25, -0.2) is 4.79 Å². The van der Waals surface area contributed by atoms with Crippen molar-refractivity contribution in [1.29, 1.82) is 0 Å². The van der Waals surface area contributed by atoms with E-state index in [1.807, 2.05) is 0 Å². The first-order valence-corrected chi connectivity index (χ1v) is 9.65. The van der Waals surface area contributed by atoms with Crippen molar-refractivity contribution in [1.82, 2.24) is 20.5 Å². The zero-order valence-electron chi connectivity index (χ0n) is 16.0. The summed E-state index contributed by atoms with van der Waals surface area (Å²) in [4.78, 5) is 59.6. The summed E-state index contributed by atoms with van der Waals surface area (Å²) in [6, 6.07) is 6.51. The van der Waals surface area contributed by atoms with Crippen LogP contribution in [0.3, 0.4) is 0 Å². The summed E-state index contributed by atoms with van der Waals surface area (Å²) >= 11 is 5.47. The summed E-state index contributed by atoms with van der Waals surface area (Å²) in [6.07, 6.45) is 0. The van der Waals surface area contributed by atoms with E-state index in [-0.39, 0.29) is 49.0 Å². The van der Waals surface area contributed by atoms with Gasteiger partial charge >= 0.3 is 6.03 Å². The number of nitrogens with one attached hydrogen (secondary N) is 2. The van der Waals surface area contributed by atoms with E-state index in [0.29, 0.717) is 15.8 Å². The molecule has 0 saturated carbocycles. The van der Waals surface area contributed by atoms with Crippen molar-refractivity contribution in [3.8, 4) is 0 Å². The molecule has 31 heavy (non-hydrogen) atoms. The van der Waals surface area contributed by atoms with Crippen LogP contribution in [0.1, 0.15) is 20.7 Å². The van der Waals surface area contributed by atoms with E-state index >= 15 is 0 Å². The second-order valence-electron chi connectivity index (χ2n) is 6.47. The van der Waals surface area contributed by atoms with Crippen molar-refractivity contribution in [2.24, 2.45) is 5.29 Å². The highest BCUT2D eigenvalue weighted by Gasteiger charge is 2.33. The van der Waals surface area contributed by atoms with Crippen LogP contribution in [-0.2, 0) is 0 Å². The molecule has 13 heteroatoms. The third-order valence-electron chi connectivity index (χ3n) is 4.63. The zero-order chi connectivity index (χ0) is 22.5. The van der Waals surface area contributed by atoms with Crippen molar-refractivity contribution in [2.45, 2.75) is 0 Å². The number of hydrogen-bond donors (Lipinski definition) is 2. The van der Waals surface area contributed by atoms with Gasteiger partial charge in [0.15, 0.2) is 0 Å². The molecule has 3 rings (SSSR count). The Morgan fingerprint density at radius 2 is 1.97 bits per heavy atom. The summed E-state index contributed by atoms with van der Waals surface area (Å²) in [7, 11) is 0. The molecule has 162 valence electrons. The van der Waals surface area contributed by atoms with Gasteiger partial charge < -0.3 is 5.32 Å². The second kappa shape index (κ2) is 9.45. The fourth-order valence-electron chi connectivity index (χ4n) is 3.22. The SMILES string of the molecule is O=NN(CCCl)C(=O)NCNCCN1C(=O)c2cccc3cc([N+](=O)[O-])cc(c23)C1=O. The molecule has 2 aromatic rings. The predicted octanol–water partition coefficient (Wildman–Crippen LogP) is 1.82. The number of imide groups is 1. The number of carbonyl (C=O) groups excluding carboxylic acids is 3. The monoisotopic (exact) mass is 448 g/mol. The van der Waals surface area contributed by atoms with Gasteiger partial charge in [-0.3, -0.25) is 29.9 Å². The minimum atomic E-state index is -0.749. The van der Waals surface area contributed by atoms with Crippen LogP contribution in [0.4, 0.5) is 10.5 Å². The summed E-state index contributed by atoms with van der Waals surface area (Å²) in [5, 5.41) is 20.4. The number of non-ortho nitro benzene ring substituents is 1. The van der Waals surface area contributed by atoms with E-state index in [1.54, 1.807) is 18.2 Å². The highest BCUT2D eigenvalue weighted by Crippen LogP contribution is 2.33. The Morgan fingerprint density at radius 1 is 1.23 bits per heavy atom. The van der Waals surface area contributed by atoms with Gasteiger partial charge in [0, 0.05) is 42.1 Å². The van der Waals surface area contributed by atoms with E-state index in [0.717, 1.165) is 4.90 Å². The van der Waals surface area contributed by atoms with E-state index in [2.05, 4.69) is 15.9 Å². The molecule has 0 radical (unpaired) electrons. The fourth-order valence-corrected chi connectivity index (χ4v) is 3.38. The maximum absolute atomic E-state index is 12.9. The number of amides is 4. The average molecular weight is 449 g/mol. The molecule has 0 aromatic heterocycles. The lowest BCUT2D eigenvalue weighted by atomic mass is 9.93. The van der Waals surface area contributed by atoms with Crippen LogP contribution in [0.5, 0.6) is 0 Å². The second-order valence-corrected chi connectivity index (χ2v) is 6.85. The van der Waals surface area contributed by atoms with Crippen LogP contribution < -0.4 is 10.6 Å². The summed E-state index contributed by atoms with van der Waals surface area (Å²) < 4.78 is 0. The molecule has 0 aliphatic carbocycles. The van der Waals surface area contributed by atoms with Crippen molar-refractivity contribution < 1.29 is 19.3 Å². The first kappa shape index (κ1) is 22.1. The van der Waals surface area contributed by atoms with E-state index < -0.39 is 22.8 Å². The van der Waals surface area contributed by atoms with E-state index in [1.165, 1.54) is 12.1 Å². The largest absolute Gasteiger partial charge is 0.341 e. The Kier molecular flexibility index (Phi) is 6.72. The molecule has 2 aromatic carbocycles. The first-order chi connectivity index (χ1) is 14.9. The molecular formula is C18H17ClN6O6. The standard InChI is InChI=1S/C18H17ClN6O6/c19-4-6-24(22-29)18(28)21-10-20-5-7-23-16(26)13-3-1-2-11-8-12(25(30)31)9-14(15(11)13)17(23)27/h1-3,8-9,20H,4-7,10H2,(H,21,28). The van der Waals surface area contributed by atoms with Crippen LogP contribution in [0, 0.1) is 15.0 Å². The number of nitroso groups, excluding NO2 is 1. The minimum absolute atomic E-state index is 0.0383. The Balaban J connectivity index is 1.68. The van der Waals surface area contributed by atoms with Gasteiger partial charge in [0.1, 0.15) is 0 Å². The van der Waals surface area contributed by atoms with Gasteiger partial charge in [-0.15, -0.1) is 16.5 Å². The number of benzene rings is 2. The number of nitro groups is 1. The lowest BCUT2D eigenvalue weighted by Crippen LogP contribution is -2.46. The van der Waals surface area contributed by atoms with Crippen molar-refractivity contribution >= 4 is 45.9 Å². The third-order valence-corrected chi connectivity index (χ3v) is 4.80. The third kappa shape index (κ3) is 4.44. The minimum Gasteiger partial charge on any atom is -0.324 e. The van der Waals surface area contributed by atoms with E-state index in [9.17, 15) is 29.4 Å². The smallest absolute Gasteiger partial charge is 0.324 e. The maximum atomic E-state index is 12.9. The number of carbonyl (C=O) groups is 3. The molecular weight excluding hydrogens is 432 g/mol. The Labute approximate surface area is 180 Å². The van der Waals surface area contributed by atoms with Gasteiger partial charge in [0.2, 0.25) is 0 Å². The van der Waals surface area contributed by atoms with Crippen molar-refractivity contribution in [2.75, 3.05) is 32.2 Å². The lowest BCUT2D eigenvalue weighted by Gasteiger charge is -2.27. The molecule has 0 unspecified atom stereocenters. The normalized spacial score (nSPS) is 12.7. The molecule has 1 heterocycles. The number of halogens is 1. The van der Waals surface area contributed by atoms with Gasteiger partial charge in [0.05, 0.1) is 29.0 Å². The molecule has 1 aliphatic rings.